The molecule has 3 heterocycles. The number of urea groups is 1. The van der Waals surface area contributed by atoms with E-state index in [0.717, 1.165) is 60.4 Å². The molecule has 0 aliphatic carbocycles. The molecule has 4 N–H and O–H groups in total. The van der Waals surface area contributed by atoms with Crippen molar-refractivity contribution in [3.63, 3.8) is 0 Å². The molecule has 1 aromatic carbocycles. The predicted molar refractivity (Wildman–Crippen MR) is 157 cm³/mol. The highest BCUT2D eigenvalue weighted by Crippen LogP contribution is 2.25. The zero-order valence-corrected chi connectivity index (χ0v) is 24.4. The molecule has 0 radical (unpaired) electrons. The molecule has 1 aromatic heterocycles. The van der Waals surface area contributed by atoms with Crippen LogP contribution in [0.4, 0.5) is 4.79 Å². The van der Waals surface area contributed by atoms with E-state index in [1.807, 2.05) is 6.07 Å². The van der Waals surface area contributed by atoms with Gasteiger partial charge in [0.1, 0.15) is 6.04 Å². The SMILES string of the molecule is C=C(CN1CCCC1)C(=O)NC[C@@H](NC(=O)[C@H](Cc1nc2ccc(CC)cc2s1)NC(=O)NC)C1CCOCC1. The van der Waals surface area contributed by atoms with Crippen LogP contribution in [0.1, 0.15) is 43.2 Å². The average Bonchev–Trinajstić information content (AvgIpc) is 3.63. The van der Waals surface area contributed by atoms with Gasteiger partial charge >= 0.3 is 6.03 Å². The Bertz CT molecular complexity index is 1190. The molecule has 2 aromatic rings. The highest BCUT2D eigenvalue weighted by Gasteiger charge is 2.30. The summed E-state index contributed by atoms with van der Waals surface area (Å²) in [6.45, 7) is 10.1. The van der Waals surface area contributed by atoms with Gasteiger partial charge in [-0.3, -0.25) is 14.5 Å². The van der Waals surface area contributed by atoms with Gasteiger partial charge in [0.05, 0.1) is 15.2 Å². The van der Waals surface area contributed by atoms with Crippen LogP contribution in [0.25, 0.3) is 10.2 Å². The monoisotopic (exact) mass is 570 g/mol. The van der Waals surface area contributed by atoms with E-state index in [1.54, 1.807) is 0 Å². The summed E-state index contributed by atoms with van der Waals surface area (Å²) in [5, 5.41) is 12.2. The van der Waals surface area contributed by atoms with Crippen LogP contribution >= 0.6 is 11.3 Å². The summed E-state index contributed by atoms with van der Waals surface area (Å²) < 4.78 is 6.60. The number of ether oxygens (including phenoxy) is 1. The molecular formula is C29H42N6O4S. The molecule has 2 atom stereocenters. The number of benzene rings is 1. The minimum atomic E-state index is -0.825. The quantitative estimate of drug-likeness (QED) is 0.291. The van der Waals surface area contributed by atoms with Crippen LogP contribution in [0.2, 0.25) is 0 Å². The maximum absolute atomic E-state index is 13.6. The van der Waals surface area contributed by atoms with Crippen LogP contribution < -0.4 is 21.3 Å². The molecule has 2 aliphatic rings. The molecule has 10 nitrogen and oxygen atoms in total. The first-order valence-corrected chi connectivity index (χ1v) is 15.1. The molecule has 40 heavy (non-hydrogen) atoms. The van der Waals surface area contributed by atoms with Gasteiger partial charge in [-0.25, -0.2) is 9.78 Å². The first kappa shape index (κ1) is 30.0. The summed E-state index contributed by atoms with van der Waals surface area (Å²) in [6, 6.07) is 4.61. The van der Waals surface area contributed by atoms with Crippen LogP contribution in [0.15, 0.2) is 30.4 Å². The summed E-state index contributed by atoms with van der Waals surface area (Å²) in [6.07, 6.45) is 5.05. The zero-order chi connectivity index (χ0) is 28.5. The standard InChI is InChI=1S/C29H42N6O4S/c1-4-20-7-8-22-25(15-20)40-26(32-22)16-23(34-29(38)30-3)28(37)33-24(21-9-13-39-14-10-21)17-31-27(36)19(2)18-35-11-5-6-12-35/h7-8,15,21,23-24H,2,4-6,9-14,16-18H2,1,3H3,(H,31,36)(H,33,37)(H2,30,34,38)/t23-,24+/m0/s1. The molecular weight excluding hydrogens is 528 g/mol. The van der Waals surface area contributed by atoms with Crippen LogP contribution in [0, 0.1) is 5.92 Å². The van der Waals surface area contributed by atoms with Gasteiger partial charge in [-0.1, -0.05) is 19.6 Å². The first-order chi connectivity index (χ1) is 19.4. The Hall–Kier alpha value is -3.02. The van der Waals surface area contributed by atoms with E-state index in [4.69, 9.17) is 9.72 Å². The lowest BCUT2D eigenvalue weighted by atomic mass is 9.91. The number of nitrogens with zero attached hydrogens (tertiary/aromatic N) is 2. The lowest BCUT2D eigenvalue weighted by Gasteiger charge is -2.32. The van der Waals surface area contributed by atoms with Gasteiger partial charge in [0, 0.05) is 51.4 Å². The van der Waals surface area contributed by atoms with Crippen molar-refractivity contribution >= 4 is 39.4 Å². The van der Waals surface area contributed by atoms with Gasteiger partial charge < -0.3 is 26.0 Å². The van der Waals surface area contributed by atoms with E-state index in [1.165, 1.54) is 23.9 Å². The second-order valence-corrected chi connectivity index (χ2v) is 11.7. The Morgan fingerprint density at radius 2 is 1.93 bits per heavy atom. The number of aromatic nitrogens is 1. The van der Waals surface area contributed by atoms with E-state index in [-0.39, 0.29) is 36.7 Å². The van der Waals surface area contributed by atoms with Crippen LogP contribution in [-0.4, -0.2) is 86.3 Å². The molecule has 0 bridgehead atoms. The maximum atomic E-state index is 13.6. The third-order valence-electron chi connectivity index (χ3n) is 7.71. The van der Waals surface area contributed by atoms with Gasteiger partial charge in [-0.15, -0.1) is 11.3 Å². The molecule has 4 amide bonds. The van der Waals surface area contributed by atoms with Crippen LogP contribution in [0.5, 0.6) is 0 Å². The Labute approximate surface area is 240 Å². The van der Waals surface area contributed by atoms with Crippen molar-refractivity contribution in [3.05, 3.63) is 40.9 Å². The number of nitrogens with one attached hydrogen (secondary N) is 4. The molecule has 2 aliphatic heterocycles. The van der Waals surface area contributed by atoms with Crippen molar-refractivity contribution in [1.29, 1.82) is 0 Å². The van der Waals surface area contributed by atoms with Crippen molar-refractivity contribution in [1.82, 2.24) is 31.2 Å². The van der Waals surface area contributed by atoms with Crippen LogP contribution in [-0.2, 0) is 27.2 Å². The summed E-state index contributed by atoms with van der Waals surface area (Å²) in [7, 11) is 1.52. The van der Waals surface area contributed by atoms with Crippen molar-refractivity contribution in [2.45, 2.75) is 57.5 Å². The number of aryl methyl sites for hydroxylation is 1. The fraction of sp³-hybridized carbons (Fsp3) is 0.586. The van der Waals surface area contributed by atoms with Crippen molar-refractivity contribution in [2.75, 3.05) is 46.4 Å². The summed E-state index contributed by atoms with van der Waals surface area (Å²) >= 11 is 1.53. The summed E-state index contributed by atoms with van der Waals surface area (Å²) in [4.78, 5) is 45.7. The summed E-state index contributed by atoms with van der Waals surface area (Å²) in [5.41, 5.74) is 2.64. The molecule has 218 valence electrons. The number of amides is 4. The third kappa shape index (κ3) is 8.25. The van der Waals surface area contributed by atoms with E-state index in [2.05, 4.69) is 51.8 Å². The minimum Gasteiger partial charge on any atom is -0.381 e. The lowest BCUT2D eigenvalue weighted by Crippen LogP contribution is -2.56. The van der Waals surface area contributed by atoms with Gasteiger partial charge in [-0.05, 0) is 68.8 Å². The number of likely N-dealkylation sites (tertiary alicyclic amines) is 1. The number of hydrogen-bond donors (Lipinski definition) is 4. The van der Waals surface area contributed by atoms with E-state index < -0.39 is 12.1 Å². The Morgan fingerprint density at radius 1 is 1.18 bits per heavy atom. The number of rotatable bonds is 12. The molecule has 4 rings (SSSR count). The predicted octanol–water partition coefficient (Wildman–Crippen LogP) is 2.38. The van der Waals surface area contributed by atoms with Gasteiger partial charge in [0.2, 0.25) is 11.8 Å². The molecule has 2 saturated heterocycles. The highest BCUT2D eigenvalue weighted by molar-refractivity contribution is 7.18. The number of thiazole rings is 1. The Kier molecular flexibility index (Phi) is 10.9. The maximum Gasteiger partial charge on any atom is 0.315 e. The summed E-state index contributed by atoms with van der Waals surface area (Å²) in [5.74, 6) is -0.363. The van der Waals surface area contributed by atoms with E-state index in [9.17, 15) is 14.4 Å². The second-order valence-electron chi connectivity index (χ2n) is 10.6. The minimum absolute atomic E-state index is 0.139. The fourth-order valence-corrected chi connectivity index (χ4v) is 6.36. The topological polar surface area (TPSA) is 125 Å². The molecule has 0 spiro atoms. The largest absolute Gasteiger partial charge is 0.381 e. The molecule has 2 fully saturated rings. The number of carbonyl (C=O) groups is 3. The smallest absolute Gasteiger partial charge is 0.315 e. The number of hydrogen-bond acceptors (Lipinski definition) is 7. The second kappa shape index (κ2) is 14.6. The van der Waals surface area contributed by atoms with E-state index in [0.29, 0.717) is 25.3 Å². The molecule has 0 unspecified atom stereocenters. The van der Waals surface area contributed by atoms with Gasteiger partial charge in [-0.2, -0.15) is 0 Å². The third-order valence-corrected chi connectivity index (χ3v) is 8.75. The van der Waals surface area contributed by atoms with Crippen molar-refractivity contribution < 1.29 is 19.1 Å². The normalized spacial score (nSPS) is 17.8. The number of carbonyl (C=O) groups excluding carboxylic acids is 3. The van der Waals surface area contributed by atoms with Gasteiger partial charge in [0.15, 0.2) is 0 Å². The Balaban J connectivity index is 1.44. The first-order valence-electron chi connectivity index (χ1n) is 14.3. The van der Waals surface area contributed by atoms with Crippen molar-refractivity contribution in [3.8, 4) is 0 Å². The molecule has 11 heteroatoms. The van der Waals surface area contributed by atoms with Crippen molar-refractivity contribution in [2.24, 2.45) is 5.92 Å². The fourth-order valence-electron chi connectivity index (χ4n) is 5.29. The molecule has 0 saturated carbocycles. The average molecular weight is 571 g/mol. The van der Waals surface area contributed by atoms with Crippen LogP contribution in [0.3, 0.4) is 0 Å². The van der Waals surface area contributed by atoms with E-state index >= 15 is 0 Å². The highest BCUT2D eigenvalue weighted by atomic mass is 32.1. The Morgan fingerprint density at radius 3 is 2.62 bits per heavy atom. The van der Waals surface area contributed by atoms with Gasteiger partial charge in [0.25, 0.3) is 0 Å². The lowest BCUT2D eigenvalue weighted by molar-refractivity contribution is -0.125. The number of fused-ring (bicyclic) bond motifs is 1. The zero-order valence-electron chi connectivity index (χ0n) is 23.6.